The summed E-state index contributed by atoms with van der Waals surface area (Å²) < 4.78 is 47.8. The Kier molecular flexibility index (Phi) is 4.63. The number of carbonyl (C=O) groups is 1. The largest absolute Gasteiger partial charge is 0.480 e. The van der Waals surface area contributed by atoms with E-state index in [2.05, 4.69) is 4.72 Å². The van der Waals surface area contributed by atoms with Crippen LogP contribution in [0.5, 0.6) is 0 Å². The Balaban J connectivity index is 3.00. The molecule has 0 bridgehead atoms. The van der Waals surface area contributed by atoms with Gasteiger partial charge in [-0.3, -0.25) is 4.79 Å². The Labute approximate surface area is 113 Å². The number of sulfonamides is 1. The van der Waals surface area contributed by atoms with E-state index in [9.17, 15) is 26.7 Å². The van der Waals surface area contributed by atoms with Crippen LogP contribution < -0.4 is 4.72 Å². The number of nitrogens with one attached hydrogen (secondary N) is 1. The minimum atomic E-state index is -4.18. The summed E-state index contributed by atoms with van der Waals surface area (Å²) in [5.74, 6) is -1.18. The van der Waals surface area contributed by atoms with Gasteiger partial charge >= 0.3 is 5.97 Å². The van der Waals surface area contributed by atoms with Crippen molar-refractivity contribution in [2.45, 2.75) is 38.1 Å². The molecule has 19 heavy (non-hydrogen) atoms. The van der Waals surface area contributed by atoms with Crippen molar-refractivity contribution in [3.8, 4) is 0 Å². The molecule has 0 saturated heterocycles. The highest BCUT2D eigenvalue weighted by Crippen LogP contribution is 2.33. The van der Waals surface area contributed by atoms with E-state index in [0.29, 0.717) is 6.42 Å². The molecule has 0 aliphatic heterocycles. The van der Waals surface area contributed by atoms with Crippen molar-refractivity contribution in [3.63, 3.8) is 0 Å². The van der Waals surface area contributed by atoms with Crippen molar-refractivity contribution in [3.05, 3.63) is 0 Å². The zero-order valence-electron chi connectivity index (χ0n) is 10.9. The number of sulfone groups is 1. The number of rotatable bonds is 5. The molecular weight excluding hydrogens is 294 g/mol. The van der Waals surface area contributed by atoms with Gasteiger partial charge in [0.15, 0.2) is 14.9 Å². The molecule has 2 N–H and O–H groups in total. The first kappa shape index (κ1) is 16.4. The van der Waals surface area contributed by atoms with Gasteiger partial charge in [0.25, 0.3) is 0 Å². The number of carboxylic acid groups (broad SMARTS) is 1. The lowest BCUT2D eigenvalue weighted by atomic mass is 9.77. The Morgan fingerprint density at radius 3 is 2.37 bits per heavy atom. The van der Waals surface area contributed by atoms with Gasteiger partial charge in [-0.05, 0) is 18.8 Å². The molecule has 0 amide bonds. The number of carboxylic acids is 1. The van der Waals surface area contributed by atoms with Crippen molar-refractivity contribution in [1.29, 1.82) is 0 Å². The molecule has 0 heterocycles. The molecule has 1 fully saturated rings. The molecule has 1 rings (SSSR count). The van der Waals surface area contributed by atoms with Crippen LogP contribution in [0.2, 0.25) is 0 Å². The fraction of sp³-hybridized carbons (Fsp3) is 0.900. The number of aliphatic carboxylic acids is 1. The van der Waals surface area contributed by atoms with Crippen LogP contribution in [0.15, 0.2) is 0 Å². The Morgan fingerprint density at radius 2 is 1.95 bits per heavy atom. The maximum Gasteiger partial charge on any atom is 0.324 e. The zero-order valence-corrected chi connectivity index (χ0v) is 12.6. The second-order valence-electron chi connectivity index (χ2n) is 5.35. The van der Waals surface area contributed by atoms with Crippen molar-refractivity contribution in [1.82, 2.24) is 4.72 Å². The second kappa shape index (κ2) is 5.37. The fourth-order valence-electron chi connectivity index (χ4n) is 2.49. The highest BCUT2D eigenvalue weighted by Gasteiger charge is 2.45. The lowest BCUT2D eigenvalue weighted by Crippen LogP contribution is -2.57. The predicted octanol–water partition coefficient (Wildman–Crippen LogP) is -0.0586. The highest BCUT2D eigenvalue weighted by molar-refractivity contribution is 8.06. The van der Waals surface area contributed by atoms with Gasteiger partial charge in [-0.25, -0.2) is 16.8 Å². The topological polar surface area (TPSA) is 118 Å². The van der Waals surface area contributed by atoms with E-state index in [-0.39, 0.29) is 18.8 Å². The molecule has 1 aliphatic carbocycles. The maximum absolute atomic E-state index is 11.8. The van der Waals surface area contributed by atoms with Crippen molar-refractivity contribution in [2.24, 2.45) is 5.92 Å². The number of hydrogen-bond acceptors (Lipinski definition) is 5. The average molecular weight is 313 g/mol. The van der Waals surface area contributed by atoms with Crippen molar-refractivity contribution >= 4 is 25.8 Å². The van der Waals surface area contributed by atoms with Crippen LogP contribution in [0.3, 0.4) is 0 Å². The molecule has 0 radical (unpaired) electrons. The van der Waals surface area contributed by atoms with Crippen molar-refractivity contribution < 1.29 is 26.7 Å². The molecule has 0 spiro atoms. The van der Waals surface area contributed by atoms with Crippen molar-refractivity contribution in [2.75, 3.05) is 11.3 Å². The summed E-state index contributed by atoms with van der Waals surface area (Å²) in [4.78, 5) is 11.4. The first-order valence-corrected chi connectivity index (χ1v) is 9.60. The maximum atomic E-state index is 11.8. The van der Waals surface area contributed by atoms with Gasteiger partial charge in [0.1, 0.15) is 5.54 Å². The molecule has 2 atom stereocenters. The van der Waals surface area contributed by atoms with Gasteiger partial charge in [0, 0.05) is 6.26 Å². The summed E-state index contributed by atoms with van der Waals surface area (Å²) in [5, 5.41) is 8.20. The second-order valence-corrected chi connectivity index (χ2v) is 9.58. The van der Waals surface area contributed by atoms with Crippen LogP contribution >= 0.6 is 0 Å². The predicted molar refractivity (Wildman–Crippen MR) is 69.8 cm³/mol. The molecule has 0 aromatic rings. The average Bonchev–Trinajstić information content (AvgIpc) is 2.11. The smallest absolute Gasteiger partial charge is 0.324 e. The van der Waals surface area contributed by atoms with Gasteiger partial charge < -0.3 is 5.11 Å². The molecule has 112 valence electrons. The molecule has 2 unspecified atom stereocenters. The van der Waals surface area contributed by atoms with Gasteiger partial charge in [0.2, 0.25) is 10.0 Å². The molecular formula is C10H19NO6S2. The van der Waals surface area contributed by atoms with E-state index >= 15 is 0 Å². The normalized spacial score (nSPS) is 29.1. The van der Waals surface area contributed by atoms with Crippen LogP contribution in [0.4, 0.5) is 0 Å². The minimum absolute atomic E-state index is 0.0748. The quantitative estimate of drug-likeness (QED) is 0.734. The fourth-order valence-corrected chi connectivity index (χ4v) is 5.85. The SMILES string of the molecule is CC1CCCC(NS(=O)(=O)CS(C)(=O)=O)(C(=O)O)C1. The molecule has 1 saturated carbocycles. The van der Waals surface area contributed by atoms with E-state index in [0.717, 1.165) is 12.7 Å². The lowest BCUT2D eigenvalue weighted by molar-refractivity contribution is -0.146. The van der Waals surface area contributed by atoms with Crippen LogP contribution in [0.25, 0.3) is 0 Å². The van der Waals surface area contributed by atoms with E-state index in [1.54, 1.807) is 0 Å². The molecule has 0 aromatic carbocycles. The number of hydrogen-bond donors (Lipinski definition) is 2. The molecule has 0 aromatic heterocycles. The zero-order chi connectivity index (χ0) is 14.9. The highest BCUT2D eigenvalue weighted by atomic mass is 32.3. The Bertz CT molecular complexity index is 553. The van der Waals surface area contributed by atoms with E-state index in [4.69, 9.17) is 0 Å². The summed E-state index contributed by atoms with van der Waals surface area (Å²) in [6.07, 6.45) is 2.57. The Hall–Kier alpha value is -0.670. The standard InChI is InChI=1S/C10H19NO6S2/c1-8-4-3-5-10(6-8,9(12)13)11-19(16,17)7-18(2,14)15/h8,11H,3-7H2,1-2H3,(H,12,13). The summed E-state index contributed by atoms with van der Waals surface area (Å²) in [7, 11) is -7.93. The van der Waals surface area contributed by atoms with Crippen LogP contribution in [-0.2, 0) is 24.7 Å². The van der Waals surface area contributed by atoms with Crippen LogP contribution in [-0.4, -0.2) is 44.8 Å². The van der Waals surface area contributed by atoms with E-state index < -0.39 is 36.5 Å². The third-order valence-corrected chi connectivity index (χ3v) is 6.78. The summed E-state index contributed by atoms with van der Waals surface area (Å²) in [5.41, 5.74) is -1.58. The van der Waals surface area contributed by atoms with E-state index in [1.807, 2.05) is 6.92 Å². The molecule has 9 heteroatoms. The van der Waals surface area contributed by atoms with Gasteiger partial charge in [-0.2, -0.15) is 4.72 Å². The third kappa shape index (κ3) is 4.73. The van der Waals surface area contributed by atoms with E-state index in [1.165, 1.54) is 0 Å². The minimum Gasteiger partial charge on any atom is -0.480 e. The first-order chi connectivity index (χ1) is 8.46. The van der Waals surface area contributed by atoms with Gasteiger partial charge in [-0.15, -0.1) is 0 Å². The summed E-state index contributed by atoms with van der Waals surface area (Å²) in [6.45, 7) is 1.85. The van der Waals surface area contributed by atoms with Crippen LogP contribution in [0, 0.1) is 5.92 Å². The summed E-state index contributed by atoms with van der Waals surface area (Å²) in [6, 6.07) is 0. The lowest BCUT2D eigenvalue weighted by Gasteiger charge is -2.36. The van der Waals surface area contributed by atoms with Gasteiger partial charge in [-0.1, -0.05) is 19.8 Å². The monoisotopic (exact) mass is 313 g/mol. The molecule has 1 aliphatic rings. The molecule has 7 nitrogen and oxygen atoms in total. The Morgan fingerprint density at radius 1 is 1.37 bits per heavy atom. The van der Waals surface area contributed by atoms with Crippen LogP contribution in [0.1, 0.15) is 32.6 Å². The van der Waals surface area contributed by atoms with Gasteiger partial charge in [0.05, 0.1) is 0 Å². The third-order valence-electron chi connectivity index (χ3n) is 3.13. The first-order valence-electron chi connectivity index (χ1n) is 5.89. The summed E-state index contributed by atoms with van der Waals surface area (Å²) >= 11 is 0.